The van der Waals surface area contributed by atoms with Gasteiger partial charge in [0.2, 0.25) is 5.95 Å². The molecule has 9 nitrogen and oxygen atoms in total. The van der Waals surface area contributed by atoms with Gasteiger partial charge in [0, 0.05) is 37.5 Å². The summed E-state index contributed by atoms with van der Waals surface area (Å²) >= 11 is 0. The second kappa shape index (κ2) is 8.82. The Morgan fingerprint density at radius 1 is 1.30 bits per heavy atom. The van der Waals surface area contributed by atoms with Crippen LogP contribution >= 0.6 is 0 Å². The third-order valence-corrected chi connectivity index (χ3v) is 5.57. The Balaban J connectivity index is 1.59. The molecule has 1 fully saturated rings. The number of amides is 1. The first-order valence-corrected chi connectivity index (χ1v) is 11.3. The molecule has 1 atom stereocenters. The molecule has 1 aromatic carbocycles. The standard InChI is InChI=1S/C19H23FN4O5S/c1-13-10-23(19(25)26)5-6-24(13)18-21-8-16(9-22-18)29-11-15-4-3-14(7-17(15)20)12-30(2,27)28/h3-4,7-9,13H,5-6,10-12H2,1-2H3,(H,25,26). The zero-order valence-corrected chi connectivity index (χ0v) is 17.5. The highest BCUT2D eigenvalue weighted by Crippen LogP contribution is 2.20. The summed E-state index contributed by atoms with van der Waals surface area (Å²) in [4.78, 5) is 22.9. The molecule has 1 aliphatic rings. The summed E-state index contributed by atoms with van der Waals surface area (Å²) in [5, 5.41) is 9.09. The van der Waals surface area contributed by atoms with Crippen molar-refractivity contribution in [2.45, 2.75) is 25.3 Å². The maximum Gasteiger partial charge on any atom is 0.407 e. The monoisotopic (exact) mass is 438 g/mol. The van der Waals surface area contributed by atoms with Crippen LogP contribution in [0.5, 0.6) is 5.75 Å². The molecule has 30 heavy (non-hydrogen) atoms. The smallest absolute Gasteiger partial charge is 0.407 e. The minimum atomic E-state index is -3.24. The van der Waals surface area contributed by atoms with Gasteiger partial charge in [0.15, 0.2) is 15.6 Å². The molecule has 11 heteroatoms. The molecule has 0 bridgehead atoms. The number of halogens is 1. The van der Waals surface area contributed by atoms with Crippen LogP contribution in [0.25, 0.3) is 0 Å². The Hall–Kier alpha value is -2.95. The maximum absolute atomic E-state index is 14.2. The molecule has 1 amide bonds. The number of carbonyl (C=O) groups is 1. The molecule has 2 heterocycles. The molecule has 1 saturated heterocycles. The molecule has 1 aromatic heterocycles. The molecule has 2 aromatic rings. The fourth-order valence-electron chi connectivity index (χ4n) is 3.22. The topological polar surface area (TPSA) is 113 Å². The number of sulfone groups is 1. The van der Waals surface area contributed by atoms with E-state index in [2.05, 4.69) is 9.97 Å². The van der Waals surface area contributed by atoms with E-state index in [-0.39, 0.29) is 24.0 Å². The Morgan fingerprint density at radius 2 is 2.00 bits per heavy atom. The number of aromatic nitrogens is 2. The van der Waals surface area contributed by atoms with E-state index in [1.807, 2.05) is 11.8 Å². The second-order valence-electron chi connectivity index (χ2n) is 7.27. The Kier molecular flexibility index (Phi) is 6.40. The molecular formula is C19H23FN4O5S. The summed E-state index contributed by atoms with van der Waals surface area (Å²) < 4.78 is 42.4. The number of anilines is 1. The van der Waals surface area contributed by atoms with E-state index >= 15 is 0 Å². The Labute approximate surface area is 174 Å². The predicted octanol–water partition coefficient (Wildman–Crippen LogP) is 1.93. The van der Waals surface area contributed by atoms with Crippen molar-refractivity contribution >= 4 is 21.9 Å². The lowest BCUT2D eigenvalue weighted by molar-refractivity contribution is 0.136. The quantitative estimate of drug-likeness (QED) is 0.728. The van der Waals surface area contributed by atoms with Crippen LogP contribution in [0.3, 0.4) is 0 Å². The SMILES string of the molecule is CC1CN(C(=O)O)CCN1c1ncc(OCc2ccc(CS(C)(=O)=O)cc2F)cn1. The fourth-order valence-corrected chi connectivity index (χ4v) is 4.01. The second-order valence-corrected chi connectivity index (χ2v) is 9.41. The van der Waals surface area contributed by atoms with Crippen molar-refractivity contribution < 1.29 is 27.4 Å². The maximum atomic E-state index is 14.2. The van der Waals surface area contributed by atoms with Crippen LogP contribution < -0.4 is 9.64 Å². The molecule has 0 saturated carbocycles. The summed E-state index contributed by atoms with van der Waals surface area (Å²) in [6.07, 6.45) is 3.12. The van der Waals surface area contributed by atoms with Crippen molar-refractivity contribution in [3.63, 3.8) is 0 Å². The van der Waals surface area contributed by atoms with Gasteiger partial charge in [0.05, 0.1) is 18.1 Å². The van der Waals surface area contributed by atoms with Crippen LogP contribution in [0, 0.1) is 5.82 Å². The highest BCUT2D eigenvalue weighted by Gasteiger charge is 2.27. The molecule has 0 spiro atoms. The summed E-state index contributed by atoms with van der Waals surface area (Å²) in [5.74, 6) is 0.0599. The largest absolute Gasteiger partial charge is 0.486 e. The fraction of sp³-hybridized carbons (Fsp3) is 0.421. The number of hydrogen-bond acceptors (Lipinski definition) is 7. The molecule has 0 aliphatic carbocycles. The normalized spacial score (nSPS) is 17.1. The molecular weight excluding hydrogens is 415 g/mol. The number of nitrogens with zero attached hydrogens (tertiary/aromatic N) is 4. The van der Waals surface area contributed by atoms with Crippen molar-refractivity contribution in [3.8, 4) is 5.75 Å². The minimum absolute atomic E-state index is 0.0542. The summed E-state index contributed by atoms with van der Waals surface area (Å²) in [6.45, 7) is 3.07. The van der Waals surface area contributed by atoms with Crippen LogP contribution in [-0.2, 0) is 22.2 Å². The zero-order valence-electron chi connectivity index (χ0n) is 16.7. The van der Waals surface area contributed by atoms with Gasteiger partial charge in [-0.3, -0.25) is 0 Å². The molecule has 3 rings (SSSR count). The average Bonchev–Trinajstić information content (AvgIpc) is 2.66. The number of benzene rings is 1. The van der Waals surface area contributed by atoms with Gasteiger partial charge in [-0.1, -0.05) is 12.1 Å². The van der Waals surface area contributed by atoms with E-state index in [1.165, 1.54) is 29.4 Å². The van der Waals surface area contributed by atoms with E-state index in [9.17, 15) is 17.6 Å². The molecule has 1 unspecified atom stereocenters. The lowest BCUT2D eigenvalue weighted by atomic mass is 10.1. The van der Waals surface area contributed by atoms with E-state index < -0.39 is 21.7 Å². The Morgan fingerprint density at radius 3 is 2.57 bits per heavy atom. The van der Waals surface area contributed by atoms with Gasteiger partial charge in [0.25, 0.3) is 0 Å². The highest BCUT2D eigenvalue weighted by atomic mass is 32.2. The van der Waals surface area contributed by atoms with Gasteiger partial charge in [-0.25, -0.2) is 27.6 Å². The zero-order chi connectivity index (χ0) is 21.9. The van der Waals surface area contributed by atoms with E-state index in [4.69, 9.17) is 9.84 Å². The van der Waals surface area contributed by atoms with Gasteiger partial charge in [-0.2, -0.15) is 0 Å². The van der Waals surface area contributed by atoms with Crippen LogP contribution in [0.1, 0.15) is 18.1 Å². The number of hydrogen-bond donors (Lipinski definition) is 1. The van der Waals surface area contributed by atoms with Crippen molar-refractivity contribution in [1.29, 1.82) is 0 Å². The lowest BCUT2D eigenvalue weighted by Crippen LogP contribution is -2.53. The third kappa shape index (κ3) is 5.56. The molecule has 162 valence electrons. The van der Waals surface area contributed by atoms with Crippen molar-refractivity contribution in [2.75, 3.05) is 30.8 Å². The van der Waals surface area contributed by atoms with Crippen LogP contribution in [0.4, 0.5) is 15.1 Å². The highest BCUT2D eigenvalue weighted by molar-refractivity contribution is 7.89. The van der Waals surface area contributed by atoms with Crippen LogP contribution in [0.15, 0.2) is 30.6 Å². The molecule has 0 radical (unpaired) electrons. The van der Waals surface area contributed by atoms with Crippen molar-refractivity contribution in [1.82, 2.24) is 14.9 Å². The number of carboxylic acid groups (broad SMARTS) is 1. The van der Waals surface area contributed by atoms with Crippen molar-refractivity contribution in [2.24, 2.45) is 0 Å². The lowest BCUT2D eigenvalue weighted by Gasteiger charge is -2.38. The summed E-state index contributed by atoms with van der Waals surface area (Å²) in [7, 11) is -3.24. The van der Waals surface area contributed by atoms with Gasteiger partial charge < -0.3 is 19.6 Å². The van der Waals surface area contributed by atoms with Crippen LogP contribution in [0.2, 0.25) is 0 Å². The Bertz CT molecular complexity index is 1020. The first-order valence-electron chi connectivity index (χ1n) is 9.27. The van der Waals surface area contributed by atoms with Gasteiger partial charge in [-0.15, -0.1) is 0 Å². The predicted molar refractivity (Wildman–Crippen MR) is 108 cm³/mol. The first kappa shape index (κ1) is 21.8. The van der Waals surface area contributed by atoms with E-state index in [0.717, 1.165) is 6.26 Å². The van der Waals surface area contributed by atoms with Gasteiger partial charge in [0.1, 0.15) is 12.4 Å². The number of piperazine rings is 1. The molecule has 1 aliphatic heterocycles. The third-order valence-electron chi connectivity index (χ3n) is 4.71. The number of ether oxygens (including phenoxy) is 1. The average molecular weight is 438 g/mol. The van der Waals surface area contributed by atoms with Crippen molar-refractivity contribution in [3.05, 3.63) is 47.5 Å². The van der Waals surface area contributed by atoms with E-state index in [0.29, 0.717) is 36.9 Å². The summed E-state index contributed by atoms with van der Waals surface area (Å²) in [6, 6.07) is 4.17. The van der Waals surface area contributed by atoms with E-state index in [1.54, 1.807) is 6.07 Å². The van der Waals surface area contributed by atoms with Gasteiger partial charge in [-0.05, 0) is 18.6 Å². The van der Waals surface area contributed by atoms with Crippen LogP contribution in [-0.4, -0.2) is 66.4 Å². The summed E-state index contributed by atoms with van der Waals surface area (Å²) in [5.41, 5.74) is 0.665. The first-order chi connectivity index (χ1) is 14.1. The number of rotatable bonds is 6. The minimum Gasteiger partial charge on any atom is -0.486 e. The molecule has 1 N–H and O–H groups in total. The van der Waals surface area contributed by atoms with Gasteiger partial charge >= 0.3 is 6.09 Å².